The molecule has 0 radical (unpaired) electrons. The first-order valence-corrected chi connectivity index (χ1v) is 7.58. The molecule has 17 heavy (non-hydrogen) atoms. The first kappa shape index (κ1) is 12.0. The molecule has 2 heterocycles. The van der Waals surface area contributed by atoms with Gasteiger partial charge < -0.3 is 4.74 Å². The van der Waals surface area contributed by atoms with E-state index in [1.807, 2.05) is 0 Å². The van der Waals surface area contributed by atoms with Crippen molar-refractivity contribution in [3.8, 4) is 0 Å². The molecule has 98 valence electrons. The lowest BCUT2D eigenvalue weighted by Crippen LogP contribution is -2.71. The highest BCUT2D eigenvalue weighted by Crippen LogP contribution is 2.48. The first-order valence-electron chi connectivity index (χ1n) is 7.58. The Kier molecular flexibility index (Phi) is 3.20. The first-order chi connectivity index (χ1) is 8.24. The third-order valence-electron chi connectivity index (χ3n) is 5.49. The number of piperidine rings is 1. The average molecular weight is 237 g/mol. The zero-order valence-electron chi connectivity index (χ0n) is 11.5. The quantitative estimate of drug-likeness (QED) is 0.695. The Morgan fingerprint density at radius 2 is 1.82 bits per heavy atom. The van der Waals surface area contributed by atoms with E-state index >= 15 is 0 Å². The van der Waals surface area contributed by atoms with E-state index in [2.05, 4.69) is 18.7 Å². The van der Waals surface area contributed by atoms with Crippen molar-refractivity contribution in [1.82, 2.24) is 4.90 Å². The van der Waals surface area contributed by atoms with Gasteiger partial charge in [0, 0.05) is 6.04 Å². The Morgan fingerprint density at radius 1 is 1.06 bits per heavy atom. The minimum Gasteiger partial charge on any atom is -0.377 e. The molecule has 0 aromatic carbocycles. The van der Waals surface area contributed by atoms with E-state index < -0.39 is 0 Å². The van der Waals surface area contributed by atoms with Gasteiger partial charge in [0.1, 0.15) is 0 Å². The van der Waals surface area contributed by atoms with Crippen LogP contribution in [0.2, 0.25) is 0 Å². The maximum Gasteiger partial charge on any atom is 0.0711 e. The second-order valence-corrected chi connectivity index (χ2v) is 6.68. The van der Waals surface area contributed by atoms with Crippen molar-refractivity contribution in [1.29, 1.82) is 0 Å². The van der Waals surface area contributed by atoms with Crippen molar-refractivity contribution < 1.29 is 4.74 Å². The third-order valence-corrected chi connectivity index (χ3v) is 5.49. The number of ether oxygens (including phenoxy) is 1. The van der Waals surface area contributed by atoms with Gasteiger partial charge in [-0.2, -0.15) is 0 Å². The molecule has 2 atom stereocenters. The summed E-state index contributed by atoms with van der Waals surface area (Å²) in [5.41, 5.74) is 0.432. The molecule has 1 spiro atoms. The Morgan fingerprint density at radius 3 is 2.47 bits per heavy atom. The predicted octanol–water partition coefficient (Wildman–Crippen LogP) is 3.07. The molecule has 2 saturated heterocycles. The van der Waals surface area contributed by atoms with Crippen LogP contribution in [0.3, 0.4) is 0 Å². The van der Waals surface area contributed by atoms with Gasteiger partial charge in [-0.05, 0) is 45.1 Å². The molecule has 1 aliphatic carbocycles. The molecular weight excluding hydrogens is 210 g/mol. The number of rotatable bonds is 1. The second kappa shape index (κ2) is 4.55. The topological polar surface area (TPSA) is 12.5 Å². The van der Waals surface area contributed by atoms with Crippen molar-refractivity contribution in [2.75, 3.05) is 19.8 Å². The van der Waals surface area contributed by atoms with Crippen LogP contribution < -0.4 is 0 Å². The average Bonchev–Trinajstić information content (AvgIpc) is 2.49. The van der Waals surface area contributed by atoms with Crippen molar-refractivity contribution in [3.63, 3.8) is 0 Å². The maximum atomic E-state index is 5.64. The Hall–Kier alpha value is -0.0800. The van der Waals surface area contributed by atoms with Crippen LogP contribution in [0.4, 0.5) is 0 Å². The molecule has 0 aromatic heterocycles. The lowest BCUT2D eigenvalue weighted by Gasteiger charge is -2.60. The van der Waals surface area contributed by atoms with Gasteiger partial charge in [-0.25, -0.2) is 0 Å². The number of likely N-dealkylation sites (tertiary alicyclic amines) is 1. The zero-order valence-corrected chi connectivity index (χ0v) is 11.5. The van der Waals surface area contributed by atoms with Gasteiger partial charge in [0.05, 0.1) is 18.8 Å². The molecule has 0 amide bonds. The van der Waals surface area contributed by atoms with Crippen molar-refractivity contribution in [2.45, 2.75) is 64.0 Å². The van der Waals surface area contributed by atoms with Gasteiger partial charge in [0.25, 0.3) is 0 Å². The standard InChI is InChI=1S/C15H27NO/c1-12(2)16-9-8-13-6-4-3-5-7-14(13)15(16)10-17-11-15/h12-14H,3-11H2,1-2H3. The number of hydrogen-bond donors (Lipinski definition) is 0. The summed E-state index contributed by atoms with van der Waals surface area (Å²) in [6.45, 7) is 8.04. The molecule has 3 rings (SSSR count). The number of nitrogens with zero attached hydrogens (tertiary/aromatic N) is 1. The molecule has 0 aromatic rings. The smallest absolute Gasteiger partial charge is 0.0711 e. The SMILES string of the molecule is CC(C)N1CCC2CCCCCC2C12COC2. The van der Waals surface area contributed by atoms with Crippen LogP contribution >= 0.6 is 0 Å². The lowest BCUT2D eigenvalue weighted by atomic mass is 9.66. The summed E-state index contributed by atoms with van der Waals surface area (Å²) in [7, 11) is 0. The van der Waals surface area contributed by atoms with Crippen molar-refractivity contribution in [3.05, 3.63) is 0 Å². The minimum absolute atomic E-state index is 0.432. The van der Waals surface area contributed by atoms with E-state index in [1.165, 1.54) is 45.1 Å². The van der Waals surface area contributed by atoms with Crippen LogP contribution in [0.1, 0.15) is 52.4 Å². The summed E-state index contributed by atoms with van der Waals surface area (Å²) >= 11 is 0. The van der Waals surface area contributed by atoms with E-state index in [0.29, 0.717) is 11.6 Å². The Labute approximate surface area is 106 Å². The summed E-state index contributed by atoms with van der Waals surface area (Å²) in [4.78, 5) is 2.77. The normalized spacial score (nSPS) is 37.6. The van der Waals surface area contributed by atoms with Crippen molar-refractivity contribution >= 4 is 0 Å². The zero-order chi connectivity index (χ0) is 11.9. The van der Waals surface area contributed by atoms with Crippen LogP contribution in [0.25, 0.3) is 0 Å². The van der Waals surface area contributed by atoms with Crippen LogP contribution in [0.15, 0.2) is 0 Å². The Bertz CT molecular complexity index is 272. The highest BCUT2D eigenvalue weighted by Gasteiger charge is 2.55. The fraction of sp³-hybridized carbons (Fsp3) is 1.00. The molecule has 2 heteroatoms. The predicted molar refractivity (Wildman–Crippen MR) is 70.1 cm³/mol. The molecular formula is C15H27NO. The lowest BCUT2D eigenvalue weighted by molar-refractivity contribution is -0.207. The summed E-state index contributed by atoms with van der Waals surface area (Å²) < 4.78 is 5.64. The number of hydrogen-bond acceptors (Lipinski definition) is 2. The maximum absolute atomic E-state index is 5.64. The molecule has 2 nitrogen and oxygen atoms in total. The van der Waals surface area contributed by atoms with Gasteiger partial charge in [-0.3, -0.25) is 4.90 Å². The van der Waals surface area contributed by atoms with Crippen LogP contribution in [0, 0.1) is 11.8 Å². The fourth-order valence-corrected chi connectivity index (χ4v) is 4.64. The minimum atomic E-state index is 0.432. The summed E-state index contributed by atoms with van der Waals surface area (Å²) in [6, 6.07) is 0.683. The van der Waals surface area contributed by atoms with Gasteiger partial charge in [0.15, 0.2) is 0 Å². The summed E-state index contributed by atoms with van der Waals surface area (Å²) in [5, 5.41) is 0. The third kappa shape index (κ3) is 1.84. The molecule has 2 aliphatic heterocycles. The van der Waals surface area contributed by atoms with Gasteiger partial charge >= 0.3 is 0 Å². The van der Waals surface area contributed by atoms with Gasteiger partial charge in [-0.1, -0.05) is 25.7 Å². The molecule has 3 aliphatic rings. The van der Waals surface area contributed by atoms with Gasteiger partial charge in [0.2, 0.25) is 0 Å². The van der Waals surface area contributed by atoms with Crippen molar-refractivity contribution in [2.24, 2.45) is 11.8 Å². The monoisotopic (exact) mass is 237 g/mol. The molecule has 0 N–H and O–H groups in total. The van der Waals surface area contributed by atoms with E-state index in [1.54, 1.807) is 0 Å². The van der Waals surface area contributed by atoms with Gasteiger partial charge in [-0.15, -0.1) is 0 Å². The summed E-state index contributed by atoms with van der Waals surface area (Å²) in [6.07, 6.45) is 8.76. The molecule has 1 saturated carbocycles. The number of fused-ring (bicyclic) bond motifs is 2. The molecule has 0 bridgehead atoms. The molecule has 2 unspecified atom stereocenters. The van der Waals surface area contributed by atoms with Crippen LogP contribution in [0.5, 0.6) is 0 Å². The largest absolute Gasteiger partial charge is 0.377 e. The highest BCUT2D eigenvalue weighted by molar-refractivity contribution is 5.07. The van der Waals surface area contributed by atoms with E-state index in [4.69, 9.17) is 4.74 Å². The Balaban J connectivity index is 1.85. The summed E-state index contributed by atoms with van der Waals surface area (Å²) in [5.74, 6) is 1.92. The van der Waals surface area contributed by atoms with E-state index in [0.717, 1.165) is 25.0 Å². The van der Waals surface area contributed by atoms with E-state index in [-0.39, 0.29) is 0 Å². The van der Waals surface area contributed by atoms with E-state index in [9.17, 15) is 0 Å². The van der Waals surface area contributed by atoms with Crippen LogP contribution in [-0.2, 0) is 4.74 Å². The fourth-order valence-electron chi connectivity index (χ4n) is 4.64. The highest BCUT2D eigenvalue weighted by atomic mass is 16.5. The molecule has 3 fully saturated rings. The second-order valence-electron chi connectivity index (χ2n) is 6.68. The van der Waals surface area contributed by atoms with Crippen LogP contribution in [-0.4, -0.2) is 36.2 Å².